The van der Waals surface area contributed by atoms with Crippen molar-refractivity contribution in [2.75, 3.05) is 67.0 Å². The second-order valence-corrected chi connectivity index (χ2v) is 12.3. The SMILES string of the molecule is CC(=O)CCc1ccc2c(c1)C(COC(=O)ON1C(=O)CCC1=O)c1cccc(C(=O)CCCOCCCCO)c1-2.CNCCOCCCOC. The molecule has 1 unspecified atom stereocenters. The van der Waals surface area contributed by atoms with Gasteiger partial charge in [-0.05, 0) is 73.9 Å². The Morgan fingerprint density at radius 1 is 0.882 bits per heavy atom. The Morgan fingerprint density at radius 2 is 1.61 bits per heavy atom. The van der Waals surface area contributed by atoms with Crippen LogP contribution in [0.2, 0.25) is 0 Å². The van der Waals surface area contributed by atoms with Crippen LogP contribution < -0.4 is 5.32 Å². The zero-order chi connectivity index (χ0) is 37.0. The number of fused-ring (bicyclic) bond motifs is 3. The molecule has 0 bridgehead atoms. The average Bonchev–Trinajstić information content (AvgIpc) is 3.62. The third kappa shape index (κ3) is 13.2. The van der Waals surface area contributed by atoms with Gasteiger partial charge in [0.05, 0.1) is 6.61 Å². The topological polar surface area (TPSA) is 167 Å². The summed E-state index contributed by atoms with van der Waals surface area (Å²) in [5, 5.41) is 12.3. The number of hydrogen-bond donors (Lipinski definition) is 2. The monoisotopic (exact) mass is 712 g/mol. The number of nitrogens with zero attached hydrogens (tertiary/aromatic N) is 1. The van der Waals surface area contributed by atoms with Crippen LogP contribution in [0.15, 0.2) is 36.4 Å². The van der Waals surface area contributed by atoms with Crippen molar-refractivity contribution in [1.82, 2.24) is 10.4 Å². The first-order chi connectivity index (χ1) is 24.7. The number of ether oxygens (including phenoxy) is 4. The number of imide groups is 1. The minimum atomic E-state index is -1.16. The number of rotatable bonds is 22. The van der Waals surface area contributed by atoms with Gasteiger partial charge in [0.1, 0.15) is 12.4 Å². The van der Waals surface area contributed by atoms with Gasteiger partial charge in [-0.25, -0.2) is 4.79 Å². The molecular formula is C38H52N2O11. The van der Waals surface area contributed by atoms with Crippen LogP contribution in [-0.4, -0.2) is 107 Å². The first-order valence-electron chi connectivity index (χ1n) is 17.6. The summed E-state index contributed by atoms with van der Waals surface area (Å²) in [6, 6.07) is 11.3. The Bertz CT molecular complexity index is 1440. The Labute approximate surface area is 299 Å². The standard InChI is InChI=1S/C31H35NO9.C7H17NO2/c1-20(34)9-10-21-11-12-23-25(18-21)26(19-40-31(38)41-32-28(36)13-14-29(32)37)22-6-4-7-24(30(22)23)27(35)8-5-17-39-16-3-2-15-33;1-8-4-7-10-6-3-5-9-2/h4,6-7,11-12,18,26,33H,2-3,5,8-10,13-17,19H2,1H3;8H,3-7H2,1-2H3. The van der Waals surface area contributed by atoms with Gasteiger partial charge in [0.15, 0.2) is 5.78 Å². The van der Waals surface area contributed by atoms with Gasteiger partial charge >= 0.3 is 6.16 Å². The molecule has 1 aliphatic carbocycles. The van der Waals surface area contributed by atoms with Crippen LogP contribution in [-0.2, 0) is 44.6 Å². The fourth-order valence-corrected chi connectivity index (χ4v) is 5.72. The summed E-state index contributed by atoms with van der Waals surface area (Å²) in [5.74, 6) is -1.57. The number of aliphatic hydroxyl groups excluding tert-OH is 1. The van der Waals surface area contributed by atoms with Crippen LogP contribution >= 0.6 is 0 Å². The molecule has 0 aromatic heterocycles. The van der Waals surface area contributed by atoms with E-state index < -0.39 is 23.9 Å². The number of hydroxylamine groups is 2. The molecule has 0 radical (unpaired) electrons. The van der Waals surface area contributed by atoms with Gasteiger partial charge in [0.25, 0.3) is 11.8 Å². The third-order valence-corrected chi connectivity index (χ3v) is 8.36. The van der Waals surface area contributed by atoms with Crippen LogP contribution in [0.4, 0.5) is 4.79 Å². The largest absolute Gasteiger partial charge is 0.533 e. The number of hydrogen-bond acceptors (Lipinski definition) is 12. The van der Waals surface area contributed by atoms with E-state index in [1.807, 2.05) is 31.3 Å². The molecule has 1 fully saturated rings. The van der Waals surface area contributed by atoms with Crippen LogP contribution in [0.1, 0.15) is 91.3 Å². The lowest BCUT2D eigenvalue weighted by atomic mass is 9.93. The van der Waals surface area contributed by atoms with Crippen molar-refractivity contribution in [1.29, 1.82) is 0 Å². The number of carbonyl (C=O) groups is 5. The highest BCUT2D eigenvalue weighted by atomic mass is 16.8. The van der Waals surface area contributed by atoms with E-state index in [0.717, 1.165) is 67.0 Å². The van der Waals surface area contributed by atoms with Crippen molar-refractivity contribution in [2.45, 2.75) is 70.6 Å². The molecule has 51 heavy (non-hydrogen) atoms. The fourth-order valence-electron chi connectivity index (χ4n) is 5.72. The predicted octanol–water partition coefficient (Wildman–Crippen LogP) is 4.55. The maximum atomic E-state index is 13.3. The Kier molecular flexibility index (Phi) is 18.5. The van der Waals surface area contributed by atoms with Gasteiger partial charge in [0.2, 0.25) is 0 Å². The number of carbonyl (C=O) groups excluding carboxylic acids is 5. The van der Waals surface area contributed by atoms with Crippen LogP contribution in [0, 0.1) is 0 Å². The molecule has 2 amide bonds. The summed E-state index contributed by atoms with van der Waals surface area (Å²) in [7, 11) is 3.62. The summed E-state index contributed by atoms with van der Waals surface area (Å²) in [6.45, 7) is 5.83. The van der Waals surface area contributed by atoms with E-state index >= 15 is 0 Å². The average molecular weight is 713 g/mol. The highest BCUT2D eigenvalue weighted by Gasteiger charge is 2.36. The van der Waals surface area contributed by atoms with Crippen molar-refractivity contribution in [3.63, 3.8) is 0 Å². The zero-order valence-corrected chi connectivity index (χ0v) is 30.0. The molecule has 13 heteroatoms. The molecule has 2 aliphatic rings. The second-order valence-electron chi connectivity index (χ2n) is 12.3. The molecule has 0 saturated carbocycles. The molecule has 280 valence electrons. The number of aliphatic hydroxyl groups is 1. The molecule has 2 aromatic rings. The van der Waals surface area contributed by atoms with Gasteiger partial charge in [-0.3, -0.25) is 19.2 Å². The zero-order valence-electron chi connectivity index (χ0n) is 30.0. The molecule has 1 aliphatic heterocycles. The van der Waals surface area contributed by atoms with Gasteiger partial charge < -0.3 is 34.2 Å². The van der Waals surface area contributed by atoms with E-state index in [1.54, 1.807) is 26.2 Å². The molecular weight excluding hydrogens is 660 g/mol. The Hall–Kier alpha value is -4.01. The third-order valence-electron chi connectivity index (χ3n) is 8.36. The van der Waals surface area contributed by atoms with Gasteiger partial charge in [-0.2, -0.15) is 0 Å². The number of benzene rings is 2. The van der Waals surface area contributed by atoms with E-state index in [9.17, 15) is 24.0 Å². The lowest BCUT2D eigenvalue weighted by Crippen LogP contribution is -2.32. The number of aryl methyl sites for hydroxylation is 1. The van der Waals surface area contributed by atoms with E-state index in [4.69, 9.17) is 28.9 Å². The summed E-state index contributed by atoms with van der Waals surface area (Å²) < 4.78 is 21.0. The van der Waals surface area contributed by atoms with Crippen LogP contribution in [0.25, 0.3) is 11.1 Å². The van der Waals surface area contributed by atoms with Gasteiger partial charge in [-0.1, -0.05) is 41.5 Å². The molecule has 1 heterocycles. The van der Waals surface area contributed by atoms with Crippen LogP contribution in [0.5, 0.6) is 0 Å². The van der Waals surface area contributed by atoms with Crippen LogP contribution in [0.3, 0.4) is 0 Å². The van der Waals surface area contributed by atoms with Gasteiger partial charge in [0, 0.05) is 83.9 Å². The number of amides is 2. The van der Waals surface area contributed by atoms with Crippen molar-refractivity contribution in [3.05, 3.63) is 58.7 Å². The lowest BCUT2D eigenvalue weighted by Gasteiger charge is -2.17. The number of unbranched alkanes of at least 4 members (excludes halogenated alkanes) is 1. The first kappa shape index (κ1) is 41.4. The predicted molar refractivity (Wildman–Crippen MR) is 188 cm³/mol. The molecule has 4 rings (SSSR count). The van der Waals surface area contributed by atoms with Crippen molar-refractivity contribution in [2.24, 2.45) is 0 Å². The van der Waals surface area contributed by atoms with E-state index in [2.05, 4.69) is 5.32 Å². The Morgan fingerprint density at radius 3 is 2.31 bits per heavy atom. The maximum absolute atomic E-state index is 13.3. The first-order valence-corrected chi connectivity index (χ1v) is 17.6. The summed E-state index contributed by atoms with van der Waals surface area (Å²) >= 11 is 0. The minimum Gasteiger partial charge on any atom is -0.432 e. The van der Waals surface area contributed by atoms with Crippen molar-refractivity contribution < 1.29 is 52.9 Å². The van der Waals surface area contributed by atoms with E-state index in [-0.39, 0.29) is 37.6 Å². The van der Waals surface area contributed by atoms with Crippen molar-refractivity contribution in [3.8, 4) is 11.1 Å². The van der Waals surface area contributed by atoms with Crippen molar-refractivity contribution >= 4 is 29.5 Å². The van der Waals surface area contributed by atoms with E-state index in [0.29, 0.717) is 55.9 Å². The molecule has 13 nitrogen and oxygen atoms in total. The summed E-state index contributed by atoms with van der Waals surface area (Å²) in [6.07, 6.45) is 3.03. The van der Waals surface area contributed by atoms with Gasteiger partial charge in [-0.15, -0.1) is 0 Å². The number of ketones is 2. The highest BCUT2D eigenvalue weighted by Crippen LogP contribution is 2.47. The molecule has 1 atom stereocenters. The smallest absolute Gasteiger partial charge is 0.432 e. The highest BCUT2D eigenvalue weighted by molar-refractivity contribution is 6.05. The number of methoxy groups -OCH3 is 1. The summed E-state index contributed by atoms with van der Waals surface area (Å²) in [5.41, 5.74) is 4.81. The molecule has 0 spiro atoms. The normalized spacial score (nSPS) is 14.5. The number of Topliss-reactive ketones (excluding diaryl/α,β-unsaturated/α-hetero) is 2. The Balaban J connectivity index is 0.000000612. The number of nitrogens with one attached hydrogen (secondary N) is 1. The quantitative estimate of drug-likeness (QED) is 0.0758. The fraction of sp³-hybridized carbons (Fsp3) is 0.553. The van der Waals surface area contributed by atoms with E-state index in [1.165, 1.54) is 0 Å². The molecule has 2 aromatic carbocycles. The minimum absolute atomic E-state index is 0.0226. The summed E-state index contributed by atoms with van der Waals surface area (Å²) in [4.78, 5) is 65.8. The lowest BCUT2D eigenvalue weighted by molar-refractivity contribution is -0.177. The molecule has 2 N–H and O–H groups in total. The number of likely N-dealkylation sites (N-methyl/N-ethyl adjacent to an activating group) is 1. The molecule has 1 saturated heterocycles. The maximum Gasteiger partial charge on any atom is 0.533 e. The second kappa shape index (κ2) is 22.7.